The second kappa shape index (κ2) is 10.9. The molecule has 7 nitrogen and oxygen atoms in total. The van der Waals surface area contributed by atoms with Gasteiger partial charge in [0.2, 0.25) is 5.91 Å². The monoisotopic (exact) mass is 455 g/mol. The molecule has 1 heterocycles. The van der Waals surface area contributed by atoms with Gasteiger partial charge in [-0.3, -0.25) is 9.59 Å². The zero-order chi connectivity index (χ0) is 23.1. The topological polar surface area (TPSA) is 88.9 Å². The first-order valence-electron chi connectivity index (χ1n) is 10.4. The SMILES string of the molecule is CCc1cccc(C)c1NC(=O)CSc1nnc(CNC(=O)c2ccccc2F)n1CC. The molecule has 0 saturated carbocycles. The van der Waals surface area contributed by atoms with E-state index >= 15 is 0 Å². The summed E-state index contributed by atoms with van der Waals surface area (Å²) >= 11 is 1.28. The predicted octanol–water partition coefficient (Wildman–Crippen LogP) is 3.97. The molecule has 2 amide bonds. The third kappa shape index (κ3) is 5.53. The fourth-order valence-electron chi connectivity index (χ4n) is 3.28. The number of rotatable bonds is 9. The summed E-state index contributed by atoms with van der Waals surface area (Å²) in [4.78, 5) is 24.8. The smallest absolute Gasteiger partial charge is 0.254 e. The Balaban J connectivity index is 1.61. The number of carbonyl (C=O) groups is 2. The van der Waals surface area contributed by atoms with Crippen LogP contribution in [0.25, 0.3) is 0 Å². The van der Waals surface area contributed by atoms with Crippen molar-refractivity contribution < 1.29 is 14.0 Å². The number of benzene rings is 2. The van der Waals surface area contributed by atoms with E-state index in [1.165, 1.54) is 30.0 Å². The van der Waals surface area contributed by atoms with Gasteiger partial charge in [-0.1, -0.05) is 49.0 Å². The number of aromatic nitrogens is 3. The van der Waals surface area contributed by atoms with Crippen LogP contribution < -0.4 is 10.6 Å². The molecular weight excluding hydrogens is 429 g/mol. The number of thioether (sulfide) groups is 1. The van der Waals surface area contributed by atoms with Gasteiger partial charge >= 0.3 is 0 Å². The van der Waals surface area contributed by atoms with E-state index in [2.05, 4.69) is 27.8 Å². The van der Waals surface area contributed by atoms with E-state index in [9.17, 15) is 14.0 Å². The molecule has 32 heavy (non-hydrogen) atoms. The summed E-state index contributed by atoms with van der Waals surface area (Å²) in [7, 11) is 0. The summed E-state index contributed by atoms with van der Waals surface area (Å²) in [6, 6.07) is 11.8. The molecule has 0 atom stereocenters. The van der Waals surface area contributed by atoms with Crippen LogP contribution in [0.4, 0.5) is 10.1 Å². The highest BCUT2D eigenvalue weighted by Gasteiger charge is 2.16. The number of nitrogens with zero attached hydrogens (tertiary/aromatic N) is 3. The molecule has 0 unspecified atom stereocenters. The van der Waals surface area contributed by atoms with Crippen LogP contribution in [0.5, 0.6) is 0 Å². The highest BCUT2D eigenvalue weighted by atomic mass is 32.2. The molecule has 1 aromatic heterocycles. The zero-order valence-corrected chi connectivity index (χ0v) is 19.1. The standard InChI is InChI=1S/C23H26FN5O2S/c1-4-16-10-8-9-15(3)21(16)26-20(30)14-32-23-28-27-19(29(23)5-2)13-25-22(31)17-11-6-7-12-18(17)24/h6-12H,4-5,13-14H2,1-3H3,(H,25,31)(H,26,30). The van der Waals surface area contributed by atoms with Crippen molar-refractivity contribution in [3.8, 4) is 0 Å². The Hall–Kier alpha value is -3.20. The first-order chi connectivity index (χ1) is 15.4. The van der Waals surface area contributed by atoms with Gasteiger partial charge in [0.05, 0.1) is 17.9 Å². The third-order valence-electron chi connectivity index (χ3n) is 4.97. The average Bonchev–Trinajstić information content (AvgIpc) is 3.19. The third-order valence-corrected chi connectivity index (χ3v) is 5.94. The molecular formula is C23H26FN5O2S. The summed E-state index contributed by atoms with van der Waals surface area (Å²) in [5, 5.41) is 14.5. The van der Waals surface area contributed by atoms with Gasteiger partial charge in [-0.05, 0) is 43.5 Å². The van der Waals surface area contributed by atoms with Gasteiger partial charge in [0.25, 0.3) is 5.91 Å². The number of nitrogens with one attached hydrogen (secondary N) is 2. The van der Waals surface area contributed by atoms with Gasteiger partial charge in [0.15, 0.2) is 11.0 Å². The number of anilines is 1. The van der Waals surface area contributed by atoms with Crippen molar-refractivity contribution in [2.75, 3.05) is 11.1 Å². The van der Waals surface area contributed by atoms with Gasteiger partial charge in [-0.15, -0.1) is 10.2 Å². The van der Waals surface area contributed by atoms with Crippen LogP contribution in [-0.4, -0.2) is 32.3 Å². The Labute approximate surface area is 190 Å². The van der Waals surface area contributed by atoms with Crippen LogP contribution in [0, 0.1) is 12.7 Å². The van der Waals surface area contributed by atoms with Crippen LogP contribution in [-0.2, 0) is 24.3 Å². The van der Waals surface area contributed by atoms with Crippen molar-refractivity contribution >= 4 is 29.3 Å². The molecule has 9 heteroatoms. The molecule has 168 valence electrons. The Morgan fingerprint density at radius 1 is 1.09 bits per heavy atom. The van der Waals surface area contributed by atoms with Crippen LogP contribution in [0.15, 0.2) is 47.6 Å². The van der Waals surface area contributed by atoms with Gasteiger partial charge in [0, 0.05) is 12.2 Å². The number of hydrogen-bond donors (Lipinski definition) is 2. The van der Waals surface area contributed by atoms with E-state index in [0.29, 0.717) is 17.5 Å². The summed E-state index contributed by atoms with van der Waals surface area (Å²) in [6.07, 6.45) is 0.830. The Kier molecular flexibility index (Phi) is 7.99. The van der Waals surface area contributed by atoms with Gasteiger partial charge < -0.3 is 15.2 Å². The minimum Gasteiger partial charge on any atom is -0.345 e. The highest BCUT2D eigenvalue weighted by molar-refractivity contribution is 7.99. The Morgan fingerprint density at radius 2 is 1.88 bits per heavy atom. The van der Waals surface area contributed by atoms with E-state index in [1.54, 1.807) is 6.07 Å². The second-order valence-electron chi connectivity index (χ2n) is 7.11. The zero-order valence-electron chi connectivity index (χ0n) is 18.3. The summed E-state index contributed by atoms with van der Waals surface area (Å²) in [6.45, 7) is 6.62. The second-order valence-corrected chi connectivity index (χ2v) is 8.05. The number of hydrogen-bond acceptors (Lipinski definition) is 5. The van der Waals surface area contributed by atoms with E-state index in [0.717, 1.165) is 23.2 Å². The largest absolute Gasteiger partial charge is 0.345 e. The van der Waals surface area contributed by atoms with Gasteiger partial charge in [0.1, 0.15) is 5.82 Å². The first-order valence-corrected chi connectivity index (χ1v) is 11.4. The minimum atomic E-state index is -0.580. The lowest BCUT2D eigenvalue weighted by molar-refractivity contribution is -0.113. The fraction of sp³-hybridized carbons (Fsp3) is 0.304. The minimum absolute atomic E-state index is 0.0241. The predicted molar refractivity (Wildman–Crippen MR) is 123 cm³/mol. The van der Waals surface area contributed by atoms with E-state index in [-0.39, 0.29) is 23.8 Å². The van der Waals surface area contributed by atoms with Crippen LogP contribution in [0.2, 0.25) is 0 Å². The van der Waals surface area contributed by atoms with Crippen LogP contribution in [0.1, 0.15) is 41.2 Å². The molecule has 0 aliphatic heterocycles. The molecule has 2 aromatic carbocycles. The summed E-state index contributed by atoms with van der Waals surface area (Å²) in [5.74, 6) is -0.514. The van der Waals surface area contributed by atoms with E-state index in [1.807, 2.05) is 36.6 Å². The van der Waals surface area contributed by atoms with Crippen molar-refractivity contribution in [2.24, 2.45) is 0 Å². The van der Waals surface area contributed by atoms with Crippen molar-refractivity contribution in [3.05, 3.63) is 70.8 Å². The molecule has 0 fully saturated rings. The van der Waals surface area contributed by atoms with Gasteiger partial charge in [-0.2, -0.15) is 0 Å². The molecule has 3 aromatic rings. The van der Waals surface area contributed by atoms with Gasteiger partial charge in [-0.25, -0.2) is 4.39 Å². The maximum Gasteiger partial charge on any atom is 0.254 e. The molecule has 2 N–H and O–H groups in total. The Morgan fingerprint density at radius 3 is 2.59 bits per heavy atom. The summed E-state index contributed by atoms with van der Waals surface area (Å²) in [5.41, 5.74) is 2.94. The number of aryl methyl sites for hydroxylation is 2. The number of para-hydroxylation sites is 1. The van der Waals surface area contributed by atoms with Crippen molar-refractivity contribution in [1.82, 2.24) is 20.1 Å². The molecule has 0 spiro atoms. The molecule has 0 aliphatic rings. The quantitative estimate of drug-likeness (QED) is 0.477. The van der Waals surface area contributed by atoms with Crippen LogP contribution >= 0.6 is 11.8 Å². The molecule has 0 bridgehead atoms. The lowest BCUT2D eigenvalue weighted by Crippen LogP contribution is -2.25. The van der Waals surface area contributed by atoms with Crippen molar-refractivity contribution in [3.63, 3.8) is 0 Å². The van der Waals surface area contributed by atoms with Crippen molar-refractivity contribution in [2.45, 2.75) is 45.4 Å². The average molecular weight is 456 g/mol. The molecule has 0 saturated heterocycles. The lowest BCUT2D eigenvalue weighted by Gasteiger charge is -2.13. The number of amides is 2. The maximum atomic E-state index is 13.8. The number of halogens is 1. The number of carbonyl (C=O) groups excluding carboxylic acids is 2. The molecule has 0 radical (unpaired) electrons. The van der Waals surface area contributed by atoms with Crippen molar-refractivity contribution in [1.29, 1.82) is 0 Å². The fourth-order valence-corrected chi connectivity index (χ4v) is 4.10. The summed E-state index contributed by atoms with van der Waals surface area (Å²) < 4.78 is 15.6. The normalized spacial score (nSPS) is 10.8. The van der Waals surface area contributed by atoms with Crippen LogP contribution in [0.3, 0.4) is 0 Å². The Bertz CT molecular complexity index is 1120. The first kappa shape index (κ1) is 23.5. The molecule has 3 rings (SSSR count). The van der Waals surface area contributed by atoms with E-state index < -0.39 is 11.7 Å². The lowest BCUT2D eigenvalue weighted by atomic mass is 10.1. The van der Waals surface area contributed by atoms with E-state index in [4.69, 9.17) is 0 Å². The maximum absolute atomic E-state index is 13.8. The molecule has 0 aliphatic carbocycles. The highest BCUT2D eigenvalue weighted by Crippen LogP contribution is 2.22.